The number of amides is 1. The van der Waals surface area contributed by atoms with E-state index < -0.39 is 5.91 Å². The Bertz CT molecular complexity index is 676. The van der Waals surface area contributed by atoms with Crippen molar-refractivity contribution in [2.45, 2.75) is 27.2 Å². The number of ketones is 1. The number of piperidine rings is 1. The topological polar surface area (TPSA) is 73.2 Å². The molecule has 0 aromatic heterocycles. The lowest BCUT2D eigenvalue weighted by Gasteiger charge is -2.34. The van der Waals surface area contributed by atoms with Crippen LogP contribution in [0.4, 0.5) is 5.69 Å². The van der Waals surface area contributed by atoms with Gasteiger partial charge in [-0.25, -0.2) is 0 Å². The van der Waals surface area contributed by atoms with Gasteiger partial charge in [-0.05, 0) is 49.4 Å². The van der Waals surface area contributed by atoms with Crippen LogP contribution in [0.25, 0.3) is 0 Å². The van der Waals surface area contributed by atoms with E-state index in [-0.39, 0.29) is 11.4 Å². The first-order valence-corrected chi connectivity index (χ1v) is 8.17. The van der Waals surface area contributed by atoms with Gasteiger partial charge in [-0.15, -0.1) is 0 Å². The number of hydrogen-bond donors (Lipinski definition) is 1. The fourth-order valence-electron chi connectivity index (χ4n) is 3.12. The third-order valence-corrected chi connectivity index (χ3v) is 4.12. The molecule has 1 heterocycles. The third-order valence-electron chi connectivity index (χ3n) is 4.12. The molecule has 0 aliphatic carbocycles. The smallest absolute Gasteiger partial charge is 0.267 e. The van der Waals surface area contributed by atoms with Crippen LogP contribution >= 0.6 is 0 Å². The van der Waals surface area contributed by atoms with Gasteiger partial charge in [0.2, 0.25) is 0 Å². The summed E-state index contributed by atoms with van der Waals surface area (Å²) in [7, 11) is 0. The summed E-state index contributed by atoms with van der Waals surface area (Å²) in [6.07, 6.45) is 2.83. The lowest BCUT2D eigenvalue weighted by molar-refractivity contribution is -0.112. The Balaban J connectivity index is 2.07. The number of likely N-dealkylation sites (tertiary alicyclic amines) is 1. The first-order valence-electron chi connectivity index (χ1n) is 8.17. The van der Waals surface area contributed by atoms with E-state index in [4.69, 9.17) is 0 Å². The molecule has 0 bridgehead atoms. The van der Waals surface area contributed by atoms with Gasteiger partial charge >= 0.3 is 0 Å². The number of Topliss-reactive ketones (excluding diaryl/α,β-unsaturated/α-hetero) is 1. The van der Waals surface area contributed by atoms with Crippen molar-refractivity contribution < 1.29 is 9.59 Å². The third kappa shape index (κ3) is 4.69. The highest BCUT2D eigenvalue weighted by Crippen LogP contribution is 2.21. The molecule has 1 aromatic rings. The quantitative estimate of drug-likeness (QED) is 0.524. The van der Waals surface area contributed by atoms with Gasteiger partial charge in [0.25, 0.3) is 5.91 Å². The van der Waals surface area contributed by atoms with E-state index in [0.717, 1.165) is 13.1 Å². The summed E-state index contributed by atoms with van der Waals surface area (Å²) >= 11 is 0. The van der Waals surface area contributed by atoms with Gasteiger partial charge in [-0.1, -0.05) is 13.8 Å². The molecule has 1 amide bonds. The minimum Gasteiger partial charge on any atom is -0.376 e. The Kier molecular flexibility index (Phi) is 5.75. The monoisotopic (exact) mass is 325 g/mol. The van der Waals surface area contributed by atoms with Crippen molar-refractivity contribution in [3.8, 4) is 6.07 Å². The molecule has 1 saturated heterocycles. The largest absolute Gasteiger partial charge is 0.376 e. The molecule has 1 aromatic carbocycles. The zero-order valence-corrected chi connectivity index (χ0v) is 14.4. The Morgan fingerprint density at radius 1 is 1.21 bits per heavy atom. The number of nitrogens with zero attached hydrogens (tertiary/aromatic N) is 2. The van der Waals surface area contributed by atoms with E-state index in [1.165, 1.54) is 13.3 Å². The molecule has 0 spiro atoms. The predicted molar refractivity (Wildman–Crippen MR) is 93.3 cm³/mol. The molecule has 2 atom stereocenters. The van der Waals surface area contributed by atoms with Gasteiger partial charge < -0.3 is 10.2 Å². The number of nitrogens with one attached hydrogen (secondary N) is 1. The zero-order valence-electron chi connectivity index (χ0n) is 14.4. The Morgan fingerprint density at radius 3 is 2.29 bits per heavy atom. The summed E-state index contributed by atoms with van der Waals surface area (Å²) in [6, 6.07) is 8.61. The number of carbonyl (C=O) groups is 2. The van der Waals surface area contributed by atoms with Gasteiger partial charge in [0, 0.05) is 30.5 Å². The summed E-state index contributed by atoms with van der Waals surface area (Å²) in [5, 5.41) is 12.0. The first kappa shape index (κ1) is 17.7. The molecule has 1 aliphatic heterocycles. The summed E-state index contributed by atoms with van der Waals surface area (Å²) in [5.41, 5.74) is 1.24. The molecular formula is C19H23N3O2. The van der Waals surface area contributed by atoms with E-state index in [2.05, 4.69) is 24.1 Å². The molecule has 0 saturated carbocycles. The van der Waals surface area contributed by atoms with Crippen molar-refractivity contribution in [1.82, 2.24) is 4.90 Å². The minimum atomic E-state index is -0.432. The summed E-state index contributed by atoms with van der Waals surface area (Å²) < 4.78 is 0. The Morgan fingerprint density at radius 2 is 1.79 bits per heavy atom. The average molecular weight is 325 g/mol. The number of carbonyl (C=O) groups excluding carboxylic acids is 2. The van der Waals surface area contributed by atoms with Crippen LogP contribution in [0.2, 0.25) is 0 Å². The zero-order chi connectivity index (χ0) is 17.7. The van der Waals surface area contributed by atoms with Crippen LogP contribution < -0.4 is 5.32 Å². The van der Waals surface area contributed by atoms with Crippen LogP contribution in [0.3, 0.4) is 0 Å². The van der Waals surface area contributed by atoms with Crippen molar-refractivity contribution in [3.05, 3.63) is 41.6 Å². The molecule has 24 heavy (non-hydrogen) atoms. The molecule has 5 heteroatoms. The lowest BCUT2D eigenvalue weighted by Crippen LogP contribution is -2.35. The SMILES string of the molecule is CC(=O)c1ccc(NC(=O)/C(C#N)=C\N2CC(C)CC(C)C2)cc1. The molecule has 0 radical (unpaired) electrons. The van der Waals surface area contributed by atoms with E-state index in [0.29, 0.717) is 23.1 Å². The van der Waals surface area contributed by atoms with Gasteiger partial charge in [0.1, 0.15) is 11.6 Å². The van der Waals surface area contributed by atoms with E-state index in [1.807, 2.05) is 6.07 Å². The number of anilines is 1. The van der Waals surface area contributed by atoms with Gasteiger partial charge in [-0.3, -0.25) is 9.59 Å². The number of nitriles is 1. The van der Waals surface area contributed by atoms with Crippen LogP contribution in [0, 0.1) is 23.2 Å². The highest BCUT2D eigenvalue weighted by Gasteiger charge is 2.21. The van der Waals surface area contributed by atoms with Crippen molar-refractivity contribution in [2.24, 2.45) is 11.8 Å². The second kappa shape index (κ2) is 7.78. The van der Waals surface area contributed by atoms with Gasteiger partial charge in [0.05, 0.1) is 0 Å². The maximum absolute atomic E-state index is 12.3. The second-order valence-corrected chi connectivity index (χ2v) is 6.64. The van der Waals surface area contributed by atoms with Crippen molar-refractivity contribution in [2.75, 3.05) is 18.4 Å². The highest BCUT2D eigenvalue weighted by molar-refractivity contribution is 6.06. The second-order valence-electron chi connectivity index (χ2n) is 6.64. The van der Waals surface area contributed by atoms with Crippen LogP contribution in [-0.4, -0.2) is 29.7 Å². The van der Waals surface area contributed by atoms with E-state index in [9.17, 15) is 14.9 Å². The molecule has 126 valence electrons. The molecular weight excluding hydrogens is 302 g/mol. The standard InChI is InChI=1S/C19H23N3O2/c1-13-8-14(2)11-22(10-13)12-17(9-20)19(24)21-18-6-4-16(5-7-18)15(3)23/h4-7,12-14H,8,10-11H2,1-3H3,(H,21,24)/b17-12-. The Hall–Kier alpha value is -2.61. The van der Waals surface area contributed by atoms with Crippen LogP contribution in [0.15, 0.2) is 36.0 Å². The van der Waals surface area contributed by atoms with E-state index in [1.54, 1.807) is 30.5 Å². The number of rotatable bonds is 4. The molecule has 1 aliphatic rings. The molecule has 1 fully saturated rings. The maximum atomic E-state index is 12.3. The summed E-state index contributed by atoms with van der Waals surface area (Å²) in [6.45, 7) is 7.56. The average Bonchev–Trinajstić information content (AvgIpc) is 2.52. The maximum Gasteiger partial charge on any atom is 0.267 e. The van der Waals surface area contributed by atoms with Gasteiger partial charge in [0.15, 0.2) is 5.78 Å². The fourth-order valence-corrected chi connectivity index (χ4v) is 3.12. The summed E-state index contributed by atoms with van der Waals surface area (Å²) in [4.78, 5) is 25.6. The van der Waals surface area contributed by atoms with Crippen LogP contribution in [-0.2, 0) is 4.79 Å². The predicted octanol–water partition coefficient (Wildman–Crippen LogP) is 3.21. The molecule has 5 nitrogen and oxygen atoms in total. The number of benzene rings is 1. The number of hydrogen-bond acceptors (Lipinski definition) is 4. The molecule has 2 unspecified atom stereocenters. The molecule has 1 N–H and O–H groups in total. The highest BCUT2D eigenvalue weighted by atomic mass is 16.1. The lowest BCUT2D eigenvalue weighted by atomic mass is 9.92. The van der Waals surface area contributed by atoms with E-state index >= 15 is 0 Å². The van der Waals surface area contributed by atoms with Crippen molar-refractivity contribution >= 4 is 17.4 Å². The van der Waals surface area contributed by atoms with Crippen LogP contribution in [0.5, 0.6) is 0 Å². The van der Waals surface area contributed by atoms with Crippen LogP contribution in [0.1, 0.15) is 37.6 Å². The van der Waals surface area contributed by atoms with Gasteiger partial charge in [-0.2, -0.15) is 5.26 Å². The first-order chi connectivity index (χ1) is 11.4. The minimum absolute atomic E-state index is 0.0289. The van der Waals surface area contributed by atoms with Crippen molar-refractivity contribution in [3.63, 3.8) is 0 Å². The fraction of sp³-hybridized carbons (Fsp3) is 0.421. The summed E-state index contributed by atoms with van der Waals surface area (Å²) in [5.74, 6) is 0.636. The Labute approximate surface area is 143 Å². The van der Waals surface area contributed by atoms with Crippen molar-refractivity contribution in [1.29, 1.82) is 5.26 Å². The normalized spacial score (nSPS) is 21.1. The molecule has 2 rings (SSSR count).